The first-order valence-corrected chi connectivity index (χ1v) is 9.60. The lowest BCUT2D eigenvalue weighted by molar-refractivity contribution is -0.132. The van der Waals surface area contributed by atoms with E-state index in [1.807, 2.05) is 17.0 Å². The van der Waals surface area contributed by atoms with E-state index in [1.165, 1.54) is 18.4 Å². The van der Waals surface area contributed by atoms with Crippen molar-refractivity contribution >= 4 is 5.91 Å². The van der Waals surface area contributed by atoms with Crippen molar-refractivity contribution in [3.8, 4) is 5.75 Å². The molecule has 25 heavy (non-hydrogen) atoms. The van der Waals surface area contributed by atoms with Gasteiger partial charge in [-0.1, -0.05) is 26.0 Å². The van der Waals surface area contributed by atoms with Crippen LogP contribution in [0.1, 0.15) is 51.5 Å². The summed E-state index contributed by atoms with van der Waals surface area (Å²) >= 11 is 0. The lowest BCUT2D eigenvalue weighted by Gasteiger charge is -2.24. The van der Waals surface area contributed by atoms with Crippen LogP contribution in [0.15, 0.2) is 24.3 Å². The average molecular weight is 347 g/mol. The van der Waals surface area contributed by atoms with E-state index in [-0.39, 0.29) is 5.91 Å². The van der Waals surface area contributed by atoms with Crippen LogP contribution in [-0.4, -0.2) is 43.7 Å². The van der Waals surface area contributed by atoms with Crippen molar-refractivity contribution in [1.29, 1.82) is 0 Å². The van der Waals surface area contributed by atoms with Gasteiger partial charge in [-0.15, -0.1) is 0 Å². The van der Waals surface area contributed by atoms with E-state index >= 15 is 0 Å². The molecule has 0 N–H and O–H groups in total. The van der Waals surface area contributed by atoms with Crippen LogP contribution < -0.4 is 4.74 Å². The Bertz CT molecular complexity index is 524. The first kappa shape index (κ1) is 19.8. The Labute approximate surface area is 152 Å². The standard InChI is InChI=1S/C21H33NO3/c1-17(2)16-22(13-14-24-3)21(23)12-11-18-7-6-10-20(15-18)25-19-8-4-5-9-19/h6-7,10,15,17,19H,4-5,8-9,11-14,16H2,1-3H3. The minimum absolute atomic E-state index is 0.202. The Kier molecular flexibility index (Phi) is 8.26. The number of aryl methyl sites for hydroxylation is 1. The minimum Gasteiger partial charge on any atom is -0.490 e. The maximum atomic E-state index is 12.6. The van der Waals surface area contributed by atoms with E-state index in [0.29, 0.717) is 31.6 Å². The van der Waals surface area contributed by atoms with Gasteiger partial charge in [-0.3, -0.25) is 4.79 Å². The van der Waals surface area contributed by atoms with Gasteiger partial charge in [0.15, 0.2) is 0 Å². The summed E-state index contributed by atoms with van der Waals surface area (Å²) in [6.07, 6.45) is 6.51. The molecule has 4 nitrogen and oxygen atoms in total. The molecule has 1 aliphatic carbocycles. The van der Waals surface area contributed by atoms with E-state index in [4.69, 9.17) is 9.47 Å². The largest absolute Gasteiger partial charge is 0.490 e. The number of nitrogens with zero attached hydrogens (tertiary/aromatic N) is 1. The smallest absolute Gasteiger partial charge is 0.222 e. The molecule has 2 rings (SSSR count). The van der Waals surface area contributed by atoms with Crippen LogP contribution >= 0.6 is 0 Å². The topological polar surface area (TPSA) is 38.8 Å². The Morgan fingerprint density at radius 1 is 1.28 bits per heavy atom. The maximum Gasteiger partial charge on any atom is 0.222 e. The second kappa shape index (κ2) is 10.4. The molecule has 0 bridgehead atoms. The van der Waals surface area contributed by atoms with Crippen molar-refractivity contribution in [1.82, 2.24) is 4.90 Å². The summed E-state index contributed by atoms with van der Waals surface area (Å²) in [5.41, 5.74) is 1.17. The summed E-state index contributed by atoms with van der Waals surface area (Å²) < 4.78 is 11.2. The first-order valence-electron chi connectivity index (χ1n) is 9.60. The fourth-order valence-electron chi connectivity index (χ4n) is 3.34. The molecule has 140 valence electrons. The second-order valence-electron chi connectivity index (χ2n) is 7.40. The average Bonchev–Trinajstić information content (AvgIpc) is 3.09. The Morgan fingerprint density at radius 3 is 2.72 bits per heavy atom. The van der Waals surface area contributed by atoms with Crippen molar-refractivity contribution < 1.29 is 14.3 Å². The highest BCUT2D eigenvalue weighted by Crippen LogP contribution is 2.25. The van der Waals surface area contributed by atoms with Gasteiger partial charge >= 0.3 is 0 Å². The monoisotopic (exact) mass is 347 g/mol. The normalized spacial score (nSPS) is 14.9. The van der Waals surface area contributed by atoms with Gasteiger partial charge in [0.2, 0.25) is 5.91 Å². The van der Waals surface area contributed by atoms with Crippen molar-refractivity contribution in [3.63, 3.8) is 0 Å². The number of amides is 1. The molecular formula is C21H33NO3. The van der Waals surface area contributed by atoms with E-state index in [2.05, 4.69) is 26.0 Å². The highest BCUT2D eigenvalue weighted by Gasteiger charge is 2.17. The molecule has 1 aromatic carbocycles. The Morgan fingerprint density at radius 2 is 2.04 bits per heavy atom. The number of benzene rings is 1. The number of carbonyl (C=O) groups excluding carboxylic acids is 1. The number of methoxy groups -OCH3 is 1. The molecule has 0 saturated heterocycles. The third kappa shape index (κ3) is 7.07. The minimum atomic E-state index is 0.202. The third-order valence-corrected chi connectivity index (χ3v) is 4.63. The quantitative estimate of drug-likeness (QED) is 0.640. The molecule has 0 unspecified atom stereocenters. The highest BCUT2D eigenvalue weighted by molar-refractivity contribution is 5.76. The van der Waals surface area contributed by atoms with Crippen LogP contribution in [0.2, 0.25) is 0 Å². The molecule has 0 aliphatic heterocycles. The van der Waals surface area contributed by atoms with E-state index < -0.39 is 0 Å². The number of ether oxygens (including phenoxy) is 2. The van der Waals surface area contributed by atoms with Gasteiger partial charge in [0.1, 0.15) is 5.75 Å². The van der Waals surface area contributed by atoms with E-state index in [0.717, 1.165) is 31.6 Å². The first-order chi connectivity index (χ1) is 12.1. The lowest BCUT2D eigenvalue weighted by Crippen LogP contribution is -2.36. The van der Waals surface area contributed by atoms with Crippen molar-refractivity contribution in [3.05, 3.63) is 29.8 Å². The molecule has 4 heteroatoms. The van der Waals surface area contributed by atoms with E-state index in [1.54, 1.807) is 7.11 Å². The summed E-state index contributed by atoms with van der Waals surface area (Å²) in [5.74, 6) is 1.60. The zero-order valence-electron chi connectivity index (χ0n) is 16.0. The SMILES string of the molecule is COCCN(CC(C)C)C(=O)CCc1cccc(OC2CCCC2)c1. The van der Waals surface area contributed by atoms with Crippen LogP contribution in [0.5, 0.6) is 5.75 Å². The van der Waals surface area contributed by atoms with Gasteiger partial charge in [0.05, 0.1) is 12.7 Å². The third-order valence-electron chi connectivity index (χ3n) is 4.63. The fraction of sp³-hybridized carbons (Fsp3) is 0.667. The van der Waals surface area contributed by atoms with Crippen LogP contribution in [0.3, 0.4) is 0 Å². The highest BCUT2D eigenvalue weighted by atomic mass is 16.5. The molecular weight excluding hydrogens is 314 g/mol. The van der Waals surface area contributed by atoms with Crippen molar-refractivity contribution in [2.24, 2.45) is 5.92 Å². The van der Waals surface area contributed by atoms with Crippen molar-refractivity contribution in [2.45, 2.75) is 58.5 Å². The molecule has 0 spiro atoms. The summed E-state index contributed by atoms with van der Waals surface area (Å²) in [7, 11) is 1.67. The summed E-state index contributed by atoms with van der Waals surface area (Å²) in [5, 5.41) is 0. The number of hydrogen-bond donors (Lipinski definition) is 0. The predicted molar refractivity (Wildman–Crippen MR) is 101 cm³/mol. The molecule has 0 atom stereocenters. The fourth-order valence-corrected chi connectivity index (χ4v) is 3.34. The zero-order chi connectivity index (χ0) is 18.1. The molecule has 1 aliphatic rings. The van der Waals surface area contributed by atoms with Gasteiger partial charge in [-0.05, 0) is 55.7 Å². The molecule has 0 heterocycles. The number of rotatable bonds is 10. The number of hydrogen-bond acceptors (Lipinski definition) is 3. The van der Waals surface area contributed by atoms with Gasteiger partial charge in [0, 0.05) is 26.6 Å². The lowest BCUT2D eigenvalue weighted by atomic mass is 10.1. The van der Waals surface area contributed by atoms with Crippen LogP contribution in [0.25, 0.3) is 0 Å². The zero-order valence-corrected chi connectivity index (χ0v) is 16.0. The predicted octanol–water partition coefficient (Wildman–Crippen LogP) is 4.07. The van der Waals surface area contributed by atoms with Gasteiger partial charge in [0.25, 0.3) is 0 Å². The van der Waals surface area contributed by atoms with Crippen LogP contribution in [0, 0.1) is 5.92 Å². The number of carbonyl (C=O) groups is 1. The summed E-state index contributed by atoms with van der Waals surface area (Å²) in [4.78, 5) is 14.5. The molecule has 1 saturated carbocycles. The van der Waals surface area contributed by atoms with Crippen LogP contribution in [0.4, 0.5) is 0 Å². The summed E-state index contributed by atoms with van der Waals surface area (Å²) in [6.45, 7) is 6.31. The second-order valence-corrected chi connectivity index (χ2v) is 7.40. The summed E-state index contributed by atoms with van der Waals surface area (Å²) in [6, 6.07) is 8.22. The maximum absolute atomic E-state index is 12.6. The van der Waals surface area contributed by atoms with E-state index in [9.17, 15) is 4.79 Å². The van der Waals surface area contributed by atoms with Crippen molar-refractivity contribution in [2.75, 3.05) is 26.8 Å². The van der Waals surface area contributed by atoms with Gasteiger partial charge in [-0.2, -0.15) is 0 Å². The molecule has 1 amide bonds. The van der Waals surface area contributed by atoms with Crippen LogP contribution in [-0.2, 0) is 16.0 Å². The Hall–Kier alpha value is -1.55. The molecule has 0 radical (unpaired) electrons. The molecule has 1 aromatic rings. The molecule has 1 fully saturated rings. The molecule has 0 aromatic heterocycles. The van der Waals surface area contributed by atoms with Gasteiger partial charge in [-0.25, -0.2) is 0 Å². The van der Waals surface area contributed by atoms with Gasteiger partial charge < -0.3 is 14.4 Å². The Balaban J connectivity index is 1.86.